The van der Waals surface area contributed by atoms with E-state index in [1.165, 1.54) is 28.7 Å². The van der Waals surface area contributed by atoms with Gasteiger partial charge in [0.25, 0.3) is 0 Å². The SMILES string of the molecule is CCNc1nnc(SC(C)C(=O)/C=C2/N(C)c3ccccc3C2(C)C)s1. The van der Waals surface area contributed by atoms with Crippen molar-refractivity contribution in [2.24, 2.45) is 0 Å². The predicted molar refractivity (Wildman–Crippen MR) is 110 cm³/mol. The van der Waals surface area contributed by atoms with Crippen LogP contribution in [-0.2, 0) is 10.2 Å². The Hall–Kier alpha value is -1.86. The van der Waals surface area contributed by atoms with Gasteiger partial charge in [-0.1, -0.05) is 55.1 Å². The smallest absolute Gasteiger partial charge is 0.206 e. The fourth-order valence-corrected chi connectivity index (χ4v) is 5.18. The molecule has 138 valence electrons. The van der Waals surface area contributed by atoms with Crippen molar-refractivity contribution in [1.29, 1.82) is 0 Å². The molecule has 0 amide bonds. The molecule has 0 radical (unpaired) electrons. The summed E-state index contributed by atoms with van der Waals surface area (Å²) in [4.78, 5) is 15.0. The minimum atomic E-state index is -0.210. The molecule has 2 aromatic rings. The number of thioether (sulfide) groups is 1. The first-order chi connectivity index (χ1) is 12.3. The highest BCUT2D eigenvalue weighted by Gasteiger charge is 2.38. The standard InChI is InChI=1S/C19H24N4OS2/c1-6-20-17-21-22-18(26-17)25-12(2)15(24)11-16-19(3,4)13-9-7-8-10-14(13)23(16)5/h7-12H,6H2,1-5H3,(H,20,21)/b16-11+. The largest absolute Gasteiger partial charge is 0.360 e. The van der Waals surface area contributed by atoms with Crippen LogP contribution in [0.25, 0.3) is 0 Å². The zero-order chi connectivity index (χ0) is 18.9. The Morgan fingerprint density at radius 2 is 2.12 bits per heavy atom. The lowest BCUT2D eigenvalue weighted by Crippen LogP contribution is -2.25. The van der Waals surface area contributed by atoms with Crippen LogP contribution in [0.4, 0.5) is 10.8 Å². The highest BCUT2D eigenvalue weighted by molar-refractivity contribution is 8.02. The number of ketones is 1. The summed E-state index contributed by atoms with van der Waals surface area (Å²) >= 11 is 2.94. The van der Waals surface area contributed by atoms with Crippen LogP contribution in [0.2, 0.25) is 0 Å². The number of nitrogens with one attached hydrogen (secondary N) is 1. The van der Waals surface area contributed by atoms with Crippen LogP contribution in [0.3, 0.4) is 0 Å². The van der Waals surface area contributed by atoms with Crippen molar-refractivity contribution in [1.82, 2.24) is 10.2 Å². The van der Waals surface area contributed by atoms with Gasteiger partial charge in [0.1, 0.15) is 0 Å². The van der Waals surface area contributed by atoms with Gasteiger partial charge in [-0.2, -0.15) is 0 Å². The van der Waals surface area contributed by atoms with Crippen molar-refractivity contribution in [3.63, 3.8) is 0 Å². The minimum absolute atomic E-state index is 0.0953. The molecule has 26 heavy (non-hydrogen) atoms. The van der Waals surface area contributed by atoms with E-state index in [-0.39, 0.29) is 16.4 Å². The van der Waals surface area contributed by atoms with Crippen molar-refractivity contribution in [2.45, 2.75) is 42.7 Å². The third kappa shape index (κ3) is 3.50. The van der Waals surface area contributed by atoms with Crippen molar-refractivity contribution < 1.29 is 4.79 Å². The molecule has 5 nitrogen and oxygen atoms in total. The van der Waals surface area contributed by atoms with Gasteiger partial charge in [-0.3, -0.25) is 4.79 Å². The Morgan fingerprint density at radius 1 is 1.38 bits per heavy atom. The third-order valence-corrected chi connectivity index (χ3v) is 6.72. The minimum Gasteiger partial charge on any atom is -0.360 e. The number of carbonyl (C=O) groups is 1. The molecule has 1 atom stereocenters. The van der Waals surface area contributed by atoms with E-state index >= 15 is 0 Å². The third-order valence-electron chi connectivity index (χ3n) is 4.63. The lowest BCUT2D eigenvalue weighted by molar-refractivity contribution is -0.113. The maximum absolute atomic E-state index is 12.8. The molecule has 3 rings (SSSR count). The molecular formula is C19H24N4OS2. The van der Waals surface area contributed by atoms with Gasteiger partial charge in [-0.15, -0.1) is 10.2 Å². The number of allylic oxidation sites excluding steroid dienone is 2. The molecular weight excluding hydrogens is 364 g/mol. The monoisotopic (exact) mass is 388 g/mol. The van der Waals surface area contributed by atoms with Crippen LogP contribution in [0, 0.1) is 0 Å². The van der Waals surface area contributed by atoms with Crippen LogP contribution >= 0.6 is 23.1 Å². The molecule has 0 fully saturated rings. The van der Waals surface area contributed by atoms with E-state index in [1.54, 1.807) is 6.08 Å². The molecule has 1 aromatic heterocycles. The molecule has 0 aliphatic carbocycles. The van der Waals surface area contributed by atoms with Gasteiger partial charge in [0.05, 0.1) is 5.25 Å². The van der Waals surface area contributed by atoms with Gasteiger partial charge in [0.15, 0.2) is 10.1 Å². The first kappa shape index (κ1) is 18.9. The second kappa shape index (κ2) is 7.40. The number of fused-ring (bicyclic) bond motifs is 1. The highest BCUT2D eigenvalue weighted by atomic mass is 32.2. The number of hydrogen-bond acceptors (Lipinski definition) is 7. The Balaban J connectivity index is 1.77. The van der Waals surface area contributed by atoms with Crippen LogP contribution in [0.15, 0.2) is 40.4 Å². The van der Waals surface area contributed by atoms with Crippen molar-refractivity contribution in [3.8, 4) is 0 Å². The molecule has 1 aromatic carbocycles. The lowest BCUT2D eigenvalue weighted by atomic mass is 9.83. The molecule has 0 spiro atoms. The number of aromatic nitrogens is 2. The number of anilines is 2. The number of benzene rings is 1. The van der Waals surface area contributed by atoms with E-state index in [2.05, 4.69) is 52.5 Å². The van der Waals surface area contributed by atoms with Crippen LogP contribution in [0.1, 0.15) is 33.3 Å². The van der Waals surface area contributed by atoms with E-state index in [9.17, 15) is 4.79 Å². The molecule has 1 N–H and O–H groups in total. The second-order valence-electron chi connectivity index (χ2n) is 6.80. The summed E-state index contributed by atoms with van der Waals surface area (Å²) < 4.78 is 0.808. The number of likely N-dealkylation sites (N-methyl/N-ethyl adjacent to an activating group) is 1. The molecule has 1 aliphatic rings. The first-order valence-corrected chi connectivity index (χ1v) is 10.4. The van der Waals surface area contributed by atoms with E-state index in [4.69, 9.17) is 0 Å². The van der Waals surface area contributed by atoms with Gasteiger partial charge in [0, 0.05) is 36.5 Å². The van der Waals surface area contributed by atoms with E-state index in [1.807, 2.05) is 27.0 Å². The lowest BCUT2D eigenvalue weighted by Gasteiger charge is -2.24. The number of para-hydroxylation sites is 1. The first-order valence-electron chi connectivity index (χ1n) is 8.68. The Morgan fingerprint density at radius 3 is 2.81 bits per heavy atom. The van der Waals surface area contributed by atoms with E-state index in [0.717, 1.165) is 27.4 Å². The van der Waals surface area contributed by atoms with E-state index in [0.29, 0.717) is 0 Å². The topological polar surface area (TPSA) is 58.1 Å². The van der Waals surface area contributed by atoms with Gasteiger partial charge < -0.3 is 10.2 Å². The highest BCUT2D eigenvalue weighted by Crippen LogP contribution is 2.46. The van der Waals surface area contributed by atoms with E-state index < -0.39 is 0 Å². The summed E-state index contributed by atoms with van der Waals surface area (Å²) in [5.41, 5.74) is 3.26. The fraction of sp³-hybridized carbons (Fsp3) is 0.421. The van der Waals surface area contributed by atoms with Gasteiger partial charge in [0.2, 0.25) is 5.13 Å². The maximum atomic E-state index is 12.8. The second-order valence-corrected chi connectivity index (χ2v) is 9.36. The van der Waals surface area contributed by atoms with Gasteiger partial charge in [-0.25, -0.2) is 0 Å². The summed E-state index contributed by atoms with van der Waals surface area (Å²) in [7, 11) is 2.03. The Labute approximate surface area is 162 Å². The molecule has 2 heterocycles. The molecule has 0 bridgehead atoms. The normalized spacial score (nSPS) is 18.0. The van der Waals surface area contributed by atoms with Crippen molar-refractivity contribution >= 4 is 39.7 Å². The Kier molecular flexibility index (Phi) is 5.39. The van der Waals surface area contributed by atoms with Crippen LogP contribution in [-0.4, -0.2) is 34.8 Å². The number of nitrogens with zero attached hydrogens (tertiary/aromatic N) is 3. The molecule has 1 aliphatic heterocycles. The van der Waals surface area contributed by atoms with Gasteiger partial charge in [-0.05, 0) is 25.5 Å². The molecule has 0 saturated heterocycles. The predicted octanol–water partition coefficient (Wildman–Crippen LogP) is 4.33. The van der Waals surface area contributed by atoms with Crippen molar-refractivity contribution in [2.75, 3.05) is 23.8 Å². The average molecular weight is 389 g/mol. The summed E-state index contributed by atoms with van der Waals surface area (Å²) in [5.74, 6) is 0.0953. The fourth-order valence-electron chi connectivity index (χ4n) is 3.20. The molecule has 0 saturated carbocycles. The number of hydrogen-bond donors (Lipinski definition) is 1. The van der Waals surface area contributed by atoms with Crippen LogP contribution in [0.5, 0.6) is 0 Å². The van der Waals surface area contributed by atoms with Crippen LogP contribution < -0.4 is 10.2 Å². The Bertz CT molecular complexity index is 844. The quantitative estimate of drug-likeness (QED) is 0.587. The number of rotatable bonds is 6. The summed E-state index contributed by atoms with van der Waals surface area (Å²) in [6.45, 7) is 9.08. The summed E-state index contributed by atoms with van der Waals surface area (Å²) in [6, 6.07) is 8.32. The van der Waals surface area contributed by atoms with Crippen molar-refractivity contribution in [3.05, 3.63) is 41.6 Å². The van der Waals surface area contributed by atoms with Gasteiger partial charge >= 0.3 is 0 Å². The zero-order valence-electron chi connectivity index (χ0n) is 15.7. The number of carbonyl (C=O) groups excluding carboxylic acids is 1. The maximum Gasteiger partial charge on any atom is 0.206 e. The zero-order valence-corrected chi connectivity index (χ0v) is 17.4. The summed E-state index contributed by atoms with van der Waals surface area (Å²) in [6.07, 6.45) is 1.80. The molecule has 7 heteroatoms. The summed E-state index contributed by atoms with van der Waals surface area (Å²) in [5, 5.41) is 12.0. The molecule has 1 unspecified atom stereocenters. The average Bonchev–Trinajstić information content (AvgIpc) is 3.12.